The lowest BCUT2D eigenvalue weighted by molar-refractivity contribution is 0.311. The number of anilines is 3. The summed E-state index contributed by atoms with van der Waals surface area (Å²) in [5, 5.41) is 16.9. The number of aliphatic hydroxyl groups is 1. The average Bonchev–Trinajstić information content (AvgIpc) is 2.75. The fourth-order valence-electron chi connectivity index (χ4n) is 1.36. The highest BCUT2D eigenvalue weighted by Crippen LogP contribution is 2.24. The van der Waals surface area contributed by atoms with Crippen LogP contribution >= 0.6 is 27.3 Å². The smallest absolute Gasteiger partial charge is 0.229 e. The van der Waals surface area contributed by atoms with Gasteiger partial charge in [-0.15, -0.1) is 11.3 Å². The van der Waals surface area contributed by atoms with Crippen LogP contribution in [0.3, 0.4) is 0 Å². The summed E-state index contributed by atoms with van der Waals surface area (Å²) >= 11 is 5.02. The molecular weight excluding hydrogens is 316 g/mol. The Morgan fingerprint density at radius 1 is 1.50 bits per heavy atom. The second-order valence-corrected chi connectivity index (χ2v) is 5.58. The molecule has 0 spiro atoms. The Balaban J connectivity index is 2.13. The van der Waals surface area contributed by atoms with E-state index in [1.54, 1.807) is 17.5 Å². The molecule has 96 valence electrons. The maximum atomic E-state index is 8.79. The van der Waals surface area contributed by atoms with Crippen molar-refractivity contribution in [3.05, 3.63) is 27.0 Å². The van der Waals surface area contributed by atoms with Crippen LogP contribution in [-0.4, -0.2) is 28.2 Å². The van der Waals surface area contributed by atoms with Crippen LogP contribution in [0.1, 0.15) is 4.88 Å². The van der Waals surface area contributed by atoms with E-state index in [1.165, 1.54) is 4.88 Å². The Bertz CT molecular complexity index is 532. The highest BCUT2D eigenvalue weighted by molar-refractivity contribution is 9.10. The Hall–Kier alpha value is -1.18. The van der Waals surface area contributed by atoms with E-state index in [2.05, 4.69) is 36.5 Å². The molecule has 0 aliphatic heterocycles. The molecule has 0 fully saturated rings. The van der Waals surface area contributed by atoms with Crippen molar-refractivity contribution in [2.45, 2.75) is 6.92 Å². The van der Waals surface area contributed by atoms with Crippen LogP contribution in [0.5, 0.6) is 0 Å². The van der Waals surface area contributed by atoms with Gasteiger partial charge in [0.05, 0.1) is 16.8 Å². The molecule has 3 N–H and O–H groups in total. The van der Waals surface area contributed by atoms with Crippen LogP contribution in [-0.2, 0) is 0 Å². The molecule has 2 rings (SSSR count). The highest BCUT2D eigenvalue weighted by Gasteiger charge is 2.05. The molecule has 2 aromatic rings. The van der Waals surface area contributed by atoms with Crippen LogP contribution in [0.25, 0.3) is 0 Å². The molecule has 0 aliphatic rings. The Kier molecular flexibility index (Phi) is 4.51. The van der Waals surface area contributed by atoms with Crippen molar-refractivity contribution >= 4 is 44.7 Å². The van der Waals surface area contributed by atoms with E-state index < -0.39 is 0 Å². The number of aromatic nitrogens is 2. The minimum atomic E-state index is 0.0585. The van der Waals surface area contributed by atoms with Crippen molar-refractivity contribution in [1.82, 2.24) is 9.97 Å². The third-order valence-electron chi connectivity index (χ3n) is 2.14. The third-order valence-corrected chi connectivity index (χ3v) is 3.58. The minimum absolute atomic E-state index is 0.0585. The molecule has 0 bridgehead atoms. The second kappa shape index (κ2) is 6.12. The van der Waals surface area contributed by atoms with E-state index in [4.69, 9.17) is 5.11 Å². The Morgan fingerprint density at radius 2 is 2.33 bits per heavy atom. The zero-order valence-corrected chi connectivity index (χ0v) is 12.2. The predicted molar refractivity (Wildman–Crippen MR) is 77.6 cm³/mol. The van der Waals surface area contributed by atoms with E-state index >= 15 is 0 Å². The van der Waals surface area contributed by atoms with Gasteiger partial charge >= 0.3 is 0 Å². The summed E-state index contributed by atoms with van der Waals surface area (Å²) in [5.74, 6) is 1.19. The van der Waals surface area contributed by atoms with Crippen molar-refractivity contribution in [3.63, 3.8) is 0 Å². The molecule has 7 heteroatoms. The summed E-state index contributed by atoms with van der Waals surface area (Å²) in [6, 6.07) is 2.04. The molecule has 18 heavy (non-hydrogen) atoms. The lowest BCUT2D eigenvalue weighted by Gasteiger charge is -2.08. The van der Waals surface area contributed by atoms with Gasteiger partial charge in [-0.1, -0.05) is 0 Å². The van der Waals surface area contributed by atoms with Crippen LogP contribution in [0.4, 0.5) is 17.5 Å². The summed E-state index contributed by atoms with van der Waals surface area (Å²) in [6.45, 7) is 2.56. The maximum Gasteiger partial charge on any atom is 0.229 e. The molecule has 0 aromatic carbocycles. The number of nitrogens with one attached hydrogen (secondary N) is 2. The first-order chi connectivity index (χ1) is 8.69. The van der Waals surface area contributed by atoms with Gasteiger partial charge in [0, 0.05) is 23.0 Å². The van der Waals surface area contributed by atoms with Crippen molar-refractivity contribution in [2.24, 2.45) is 0 Å². The molecule has 5 nitrogen and oxygen atoms in total. The van der Waals surface area contributed by atoms with Gasteiger partial charge in [-0.05, 0) is 28.9 Å². The SMILES string of the molecule is Cc1cc(Nc2ncc(Br)c(NCCO)n2)cs1. The minimum Gasteiger partial charge on any atom is -0.395 e. The molecule has 0 saturated heterocycles. The normalized spacial score (nSPS) is 10.4. The first-order valence-corrected chi connectivity index (χ1v) is 7.05. The number of halogens is 1. The lowest BCUT2D eigenvalue weighted by Crippen LogP contribution is -2.09. The van der Waals surface area contributed by atoms with Crippen molar-refractivity contribution in [3.8, 4) is 0 Å². The molecular formula is C11H13BrN4OS. The monoisotopic (exact) mass is 328 g/mol. The van der Waals surface area contributed by atoms with Gasteiger partial charge in [-0.2, -0.15) is 4.98 Å². The van der Waals surface area contributed by atoms with Gasteiger partial charge in [0.25, 0.3) is 0 Å². The number of hydrogen-bond acceptors (Lipinski definition) is 6. The van der Waals surface area contributed by atoms with E-state index in [0.717, 1.165) is 10.2 Å². The molecule has 0 radical (unpaired) electrons. The molecule has 0 unspecified atom stereocenters. The number of hydrogen-bond donors (Lipinski definition) is 3. The number of rotatable bonds is 5. The van der Waals surface area contributed by atoms with Gasteiger partial charge in [-0.3, -0.25) is 0 Å². The van der Waals surface area contributed by atoms with Crippen LogP contribution < -0.4 is 10.6 Å². The van der Waals surface area contributed by atoms with E-state index in [1.807, 2.05) is 18.4 Å². The summed E-state index contributed by atoms with van der Waals surface area (Å²) in [6.07, 6.45) is 1.67. The fraction of sp³-hybridized carbons (Fsp3) is 0.273. The second-order valence-electron chi connectivity index (χ2n) is 3.61. The van der Waals surface area contributed by atoms with E-state index in [-0.39, 0.29) is 6.61 Å². The van der Waals surface area contributed by atoms with E-state index in [9.17, 15) is 0 Å². The summed E-state index contributed by atoms with van der Waals surface area (Å²) < 4.78 is 0.767. The zero-order chi connectivity index (χ0) is 13.0. The largest absolute Gasteiger partial charge is 0.395 e. The number of nitrogens with zero attached hydrogens (tertiary/aromatic N) is 2. The fourth-order valence-corrected chi connectivity index (χ4v) is 2.33. The quantitative estimate of drug-likeness (QED) is 0.787. The first-order valence-electron chi connectivity index (χ1n) is 5.38. The Morgan fingerprint density at radius 3 is 3.00 bits per heavy atom. The molecule has 2 aromatic heterocycles. The molecule has 0 aliphatic carbocycles. The number of thiophene rings is 1. The molecule has 2 heterocycles. The molecule has 0 amide bonds. The van der Waals surface area contributed by atoms with Crippen molar-refractivity contribution in [2.75, 3.05) is 23.8 Å². The highest BCUT2D eigenvalue weighted by atomic mass is 79.9. The van der Waals surface area contributed by atoms with Gasteiger partial charge < -0.3 is 15.7 Å². The summed E-state index contributed by atoms with van der Waals surface area (Å²) in [7, 11) is 0. The first kappa shape index (κ1) is 13.3. The summed E-state index contributed by atoms with van der Waals surface area (Å²) in [4.78, 5) is 9.74. The average molecular weight is 329 g/mol. The van der Waals surface area contributed by atoms with E-state index in [0.29, 0.717) is 18.3 Å². The van der Waals surface area contributed by atoms with Gasteiger partial charge in [0.1, 0.15) is 5.82 Å². The van der Waals surface area contributed by atoms with Crippen LogP contribution in [0, 0.1) is 6.92 Å². The standard InChI is InChI=1S/C11H13BrN4OS/c1-7-4-8(6-18-7)15-11-14-5-9(12)10(16-11)13-2-3-17/h4-6,17H,2-3H2,1H3,(H2,13,14,15,16). The Labute approximate surface area is 117 Å². The van der Waals surface area contributed by atoms with Crippen LogP contribution in [0.15, 0.2) is 22.1 Å². The van der Waals surface area contributed by atoms with Gasteiger partial charge in [-0.25, -0.2) is 4.98 Å². The van der Waals surface area contributed by atoms with Crippen LogP contribution in [0.2, 0.25) is 0 Å². The van der Waals surface area contributed by atoms with Gasteiger partial charge in [0.2, 0.25) is 5.95 Å². The zero-order valence-electron chi connectivity index (χ0n) is 9.77. The predicted octanol–water partition coefficient (Wildman–Crippen LogP) is 2.76. The molecule has 0 saturated carbocycles. The lowest BCUT2D eigenvalue weighted by atomic mass is 10.4. The van der Waals surface area contributed by atoms with Crippen molar-refractivity contribution in [1.29, 1.82) is 0 Å². The topological polar surface area (TPSA) is 70.1 Å². The van der Waals surface area contributed by atoms with Crippen molar-refractivity contribution < 1.29 is 5.11 Å². The third kappa shape index (κ3) is 3.41. The number of aliphatic hydroxyl groups excluding tert-OH is 1. The number of aryl methyl sites for hydroxylation is 1. The molecule has 0 atom stereocenters. The summed E-state index contributed by atoms with van der Waals surface area (Å²) in [5.41, 5.74) is 0.980. The maximum absolute atomic E-state index is 8.79. The van der Waals surface area contributed by atoms with Gasteiger partial charge in [0.15, 0.2) is 0 Å².